The normalized spacial score (nSPS) is 19.3. The van der Waals surface area contributed by atoms with E-state index in [4.69, 9.17) is 0 Å². The molecule has 2 rings (SSSR count). The van der Waals surface area contributed by atoms with Gasteiger partial charge in [0.05, 0.1) is 0 Å². The van der Waals surface area contributed by atoms with Crippen molar-refractivity contribution in [1.82, 2.24) is 15.1 Å². The van der Waals surface area contributed by atoms with Crippen molar-refractivity contribution in [1.29, 1.82) is 0 Å². The summed E-state index contributed by atoms with van der Waals surface area (Å²) in [4.78, 5) is 10.7. The zero-order valence-corrected chi connectivity index (χ0v) is 17.8. The van der Waals surface area contributed by atoms with E-state index in [0.29, 0.717) is 0 Å². The van der Waals surface area contributed by atoms with Crippen molar-refractivity contribution in [3.63, 3.8) is 0 Å². The molecule has 1 aromatic rings. The SMILES string of the molecule is CN=C(NCCN1CCCCC1C)N(C)CCc1cccs1.I. The molecule has 23 heavy (non-hydrogen) atoms. The van der Waals surface area contributed by atoms with Crippen LogP contribution < -0.4 is 5.32 Å². The standard InChI is InChI=1S/C17H30N4S.HI/c1-15-7-4-5-11-21(15)13-10-19-17(18-2)20(3)12-9-16-8-6-14-22-16;/h6,8,14-15H,4-5,7,9-13H2,1-3H3,(H,18,19);1H. The Morgan fingerprint density at radius 3 is 2.96 bits per heavy atom. The minimum atomic E-state index is 0. The van der Waals surface area contributed by atoms with E-state index in [1.807, 2.05) is 18.4 Å². The van der Waals surface area contributed by atoms with Gasteiger partial charge in [-0.15, -0.1) is 35.3 Å². The Morgan fingerprint density at radius 2 is 2.30 bits per heavy atom. The fraction of sp³-hybridized carbons (Fsp3) is 0.706. The van der Waals surface area contributed by atoms with Gasteiger partial charge in [-0.25, -0.2) is 0 Å². The average molecular weight is 450 g/mol. The van der Waals surface area contributed by atoms with E-state index in [1.54, 1.807) is 0 Å². The van der Waals surface area contributed by atoms with Crippen LogP contribution >= 0.6 is 35.3 Å². The maximum absolute atomic E-state index is 4.41. The van der Waals surface area contributed by atoms with E-state index in [2.05, 4.69) is 51.6 Å². The summed E-state index contributed by atoms with van der Waals surface area (Å²) < 4.78 is 0. The van der Waals surface area contributed by atoms with Crippen molar-refractivity contribution >= 4 is 41.3 Å². The van der Waals surface area contributed by atoms with E-state index in [0.717, 1.165) is 38.1 Å². The molecule has 0 bridgehead atoms. The van der Waals surface area contributed by atoms with Crippen LogP contribution in [-0.2, 0) is 6.42 Å². The smallest absolute Gasteiger partial charge is 0.193 e. The van der Waals surface area contributed by atoms with Crippen molar-refractivity contribution in [3.8, 4) is 0 Å². The summed E-state index contributed by atoms with van der Waals surface area (Å²) in [5, 5.41) is 5.65. The number of guanidine groups is 1. The Morgan fingerprint density at radius 1 is 1.48 bits per heavy atom. The van der Waals surface area contributed by atoms with E-state index in [-0.39, 0.29) is 24.0 Å². The van der Waals surface area contributed by atoms with Gasteiger partial charge in [0, 0.05) is 44.6 Å². The number of hydrogen-bond acceptors (Lipinski definition) is 3. The molecule has 2 heterocycles. The molecule has 1 N–H and O–H groups in total. The zero-order chi connectivity index (χ0) is 15.8. The first-order valence-corrected chi connectivity index (χ1v) is 9.27. The van der Waals surface area contributed by atoms with E-state index in [9.17, 15) is 0 Å². The van der Waals surface area contributed by atoms with Crippen LogP contribution in [0.5, 0.6) is 0 Å². The Bertz CT molecular complexity index is 449. The molecule has 1 aromatic heterocycles. The summed E-state index contributed by atoms with van der Waals surface area (Å²) in [5.74, 6) is 1.00. The molecular formula is C17H31IN4S. The highest BCUT2D eigenvalue weighted by molar-refractivity contribution is 14.0. The number of rotatable bonds is 6. The number of nitrogens with zero attached hydrogens (tertiary/aromatic N) is 3. The van der Waals surface area contributed by atoms with Crippen molar-refractivity contribution in [2.45, 2.75) is 38.6 Å². The quantitative estimate of drug-likeness (QED) is 0.410. The molecule has 0 spiro atoms. The molecule has 1 aliphatic rings. The molecule has 1 saturated heterocycles. The number of aliphatic imine (C=N–C) groups is 1. The Kier molecular flexibility index (Phi) is 10.1. The molecule has 1 atom stereocenters. The van der Waals surface area contributed by atoms with Crippen molar-refractivity contribution in [3.05, 3.63) is 22.4 Å². The van der Waals surface area contributed by atoms with Gasteiger partial charge in [-0.1, -0.05) is 12.5 Å². The minimum absolute atomic E-state index is 0. The highest BCUT2D eigenvalue weighted by Gasteiger charge is 2.17. The predicted molar refractivity (Wildman–Crippen MR) is 112 cm³/mol. The van der Waals surface area contributed by atoms with Gasteiger partial charge in [0.2, 0.25) is 0 Å². The van der Waals surface area contributed by atoms with E-state index < -0.39 is 0 Å². The van der Waals surface area contributed by atoms with Gasteiger partial charge >= 0.3 is 0 Å². The van der Waals surface area contributed by atoms with Crippen LogP contribution in [0.25, 0.3) is 0 Å². The number of likely N-dealkylation sites (N-methyl/N-ethyl adjacent to an activating group) is 1. The van der Waals surface area contributed by atoms with Gasteiger partial charge < -0.3 is 10.2 Å². The predicted octanol–water partition coefficient (Wildman–Crippen LogP) is 3.29. The lowest BCUT2D eigenvalue weighted by Crippen LogP contribution is -2.46. The highest BCUT2D eigenvalue weighted by Crippen LogP contribution is 2.15. The van der Waals surface area contributed by atoms with Crippen LogP contribution in [0.4, 0.5) is 0 Å². The van der Waals surface area contributed by atoms with Crippen LogP contribution in [0.3, 0.4) is 0 Å². The topological polar surface area (TPSA) is 30.9 Å². The molecule has 1 aliphatic heterocycles. The molecule has 0 saturated carbocycles. The highest BCUT2D eigenvalue weighted by atomic mass is 127. The number of likely N-dealkylation sites (tertiary alicyclic amines) is 1. The summed E-state index contributed by atoms with van der Waals surface area (Å²) in [6.07, 6.45) is 5.16. The Balaban J connectivity index is 0.00000264. The van der Waals surface area contributed by atoms with Gasteiger partial charge in [0.25, 0.3) is 0 Å². The number of halogens is 1. The van der Waals surface area contributed by atoms with Crippen molar-refractivity contribution < 1.29 is 0 Å². The molecule has 6 heteroatoms. The van der Waals surface area contributed by atoms with Gasteiger partial charge in [-0.2, -0.15) is 0 Å². The fourth-order valence-electron chi connectivity index (χ4n) is 3.02. The van der Waals surface area contributed by atoms with Gasteiger partial charge in [0.15, 0.2) is 5.96 Å². The second-order valence-electron chi connectivity index (χ2n) is 6.11. The molecule has 0 aliphatic carbocycles. The minimum Gasteiger partial charge on any atom is -0.355 e. The molecular weight excluding hydrogens is 419 g/mol. The summed E-state index contributed by atoms with van der Waals surface area (Å²) in [7, 11) is 3.99. The lowest BCUT2D eigenvalue weighted by atomic mass is 10.0. The van der Waals surface area contributed by atoms with Gasteiger partial charge in [0.1, 0.15) is 0 Å². The number of thiophene rings is 1. The van der Waals surface area contributed by atoms with Crippen LogP contribution in [0.1, 0.15) is 31.1 Å². The molecule has 4 nitrogen and oxygen atoms in total. The Labute approximate surface area is 162 Å². The third-order valence-corrected chi connectivity index (χ3v) is 5.41. The average Bonchev–Trinajstić information content (AvgIpc) is 3.04. The van der Waals surface area contributed by atoms with Crippen LogP contribution in [0.15, 0.2) is 22.5 Å². The monoisotopic (exact) mass is 450 g/mol. The first-order valence-electron chi connectivity index (χ1n) is 8.39. The molecule has 0 radical (unpaired) electrons. The summed E-state index contributed by atoms with van der Waals surface area (Å²) in [6, 6.07) is 5.05. The van der Waals surface area contributed by atoms with E-state index >= 15 is 0 Å². The Hall–Kier alpha value is -0.340. The van der Waals surface area contributed by atoms with Gasteiger partial charge in [-0.3, -0.25) is 9.89 Å². The largest absolute Gasteiger partial charge is 0.355 e. The van der Waals surface area contributed by atoms with Crippen LogP contribution in [-0.4, -0.2) is 62.1 Å². The van der Waals surface area contributed by atoms with Crippen LogP contribution in [0, 0.1) is 0 Å². The number of nitrogens with one attached hydrogen (secondary N) is 1. The summed E-state index contributed by atoms with van der Waals surface area (Å²) >= 11 is 1.83. The van der Waals surface area contributed by atoms with Gasteiger partial charge in [-0.05, 0) is 44.2 Å². The second kappa shape index (κ2) is 11.3. The lowest BCUT2D eigenvalue weighted by molar-refractivity contribution is 0.163. The molecule has 1 fully saturated rings. The first-order chi connectivity index (χ1) is 10.7. The third-order valence-electron chi connectivity index (χ3n) is 4.47. The maximum atomic E-state index is 4.41. The molecule has 0 amide bonds. The summed E-state index contributed by atoms with van der Waals surface area (Å²) in [6.45, 7) is 6.68. The molecule has 0 aromatic carbocycles. The third kappa shape index (κ3) is 6.97. The maximum Gasteiger partial charge on any atom is 0.193 e. The fourth-order valence-corrected chi connectivity index (χ4v) is 3.72. The van der Waals surface area contributed by atoms with Crippen molar-refractivity contribution in [2.75, 3.05) is 40.3 Å². The first kappa shape index (κ1) is 20.7. The number of piperidine rings is 1. The molecule has 132 valence electrons. The number of hydrogen-bond donors (Lipinski definition) is 1. The van der Waals surface area contributed by atoms with Crippen molar-refractivity contribution in [2.24, 2.45) is 4.99 Å². The molecule has 1 unspecified atom stereocenters. The van der Waals surface area contributed by atoms with E-state index in [1.165, 1.54) is 30.7 Å². The second-order valence-corrected chi connectivity index (χ2v) is 7.14. The summed E-state index contributed by atoms with van der Waals surface area (Å²) in [5.41, 5.74) is 0. The lowest BCUT2D eigenvalue weighted by Gasteiger charge is -2.33. The zero-order valence-electron chi connectivity index (χ0n) is 14.6. The van der Waals surface area contributed by atoms with Crippen LogP contribution in [0.2, 0.25) is 0 Å².